The number of hydrogen-bond acceptors (Lipinski definition) is 3. The maximum atomic E-state index is 12.5. The summed E-state index contributed by atoms with van der Waals surface area (Å²) in [5, 5.41) is 23.1. The Morgan fingerprint density at radius 2 is 0.569 bits per heavy atom. The van der Waals surface area contributed by atoms with Crippen molar-refractivity contribution in [2.45, 2.75) is 366 Å². The second-order valence-corrected chi connectivity index (χ2v) is 21.1. The monoisotopic (exact) mass is 916 g/mol. The van der Waals surface area contributed by atoms with Gasteiger partial charge < -0.3 is 15.5 Å². The number of aliphatic hydroxyl groups is 2. The second-order valence-electron chi connectivity index (χ2n) is 21.1. The predicted molar refractivity (Wildman–Crippen MR) is 290 cm³/mol. The van der Waals surface area contributed by atoms with Crippen LogP contribution in [0.3, 0.4) is 0 Å². The lowest BCUT2D eigenvalue weighted by atomic mass is 10.0. The van der Waals surface area contributed by atoms with Crippen LogP contribution in [-0.4, -0.2) is 34.9 Å². The fraction of sp³-hybridized carbons (Fsp3) is 0.951. The molecule has 0 saturated heterocycles. The van der Waals surface area contributed by atoms with Crippen molar-refractivity contribution in [1.29, 1.82) is 0 Å². The Kier molecular flexibility index (Phi) is 56.7. The number of carbonyl (C=O) groups excluding carboxylic acids is 1. The molecule has 0 radical (unpaired) electrons. The molecule has 0 heterocycles. The van der Waals surface area contributed by atoms with Gasteiger partial charge in [0, 0.05) is 6.42 Å². The average Bonchev–Trinajstić information content (AvgIpc) is 3.31. The summed E-state index contributed by atoms with van der Waals surface area (Å²) in [7, 11) is 0. The lowest BCUT2D eigenvalue weighted by molar-refractivity contribution is -0.123. The van der Waals surface area contributed by atoms with E-state index in [4.69, 9.17) is 0 Å². The van der Waals surface area contributed by atoms with E-state index in [1.165, 1.54) is 308 Å². The van der Waals surface area contributed by atoms with Crippen LogP contribution in [0.2, 0.25) is 0 Å². The molecule has 0 aromatic heterocycles. The SMILES string of the molecule is CCCCCCCCCCCCCC/C=C/C(O)C(CO)NC(=O)CCCCCCCCCCCCCCCCCCCCCCCCCCCCCCCCCCCCCCCCC. The standard InChI is InChI=1S/C61H121NO3/c1-3-5-7-9-11-13-15-17-19-20-21-22-23-24-25-26-27-28-29-30-31-32-33-34-35-36-37-38-39-40-41-42-43-45-47-49-51-53-55-57-61(65)62-59(58-63)60(64)56-54-52-50-48-46-44-18-16-14-12-10-8-6-4-2/h54,56,59-60,63-64H,3-53,55,57-58H2,1-2H3,(H,62,65)/b56-54+. The normalized spacial score (nSPS) is 12.7. The van der Waals surface area contributed by atoms with Crippen LogP contribution in [0.4, 0.5) is 0 Å². The second kappa shape index (κ2) is 57.4. The van der Waals surface area contributed by atoms with Gasteiger partial charge in [-0.05, 0) is 19.3 Å². The van der Waals surface area contributed by atoms with Gasteiger partial charge in [0.05, 0.1) is 18.8 Å². The van der Waals surface area contributed by atoms with Crippen molar-refractivity contribution < 1.29 is 15.0 Å². The minimum Gasteiger partial charge on any atom is -0.394 e. The largest absolute Gasteiger partial charge is 0.394 e. The maximum absolute atomic E-state index is 12.5. The first-order chi connectivity index (χ1) is 32.2. The summed E-state index contributed by atoms with van der Waals surface area (Å²) >= 11 is 0. The molecule has 2 atom stereocenters. The Morgan fingerprint density at radius 1 is 0.354 bits per heavy atom. The van der Waals surface area contributed by atoms with Gasteiger partial charge in [-0.25, -0.2) is 0 Å². The third-order valence-corrected chi connectivity index (χ3v) is 14.5. The summed E-state index contributed by atoms with van der Waals surface area (Å²) < 4.78 is 0. The molecule has 0 aromatic carbocycles. The third-order valence-electron chi connectivity index (χ3n) is 14.5. The van der Waals surface area contributed by atoms with Crippen molar-refractivity contribution in [3.63, 3.8) is 0 Å². The van der Waals surface area contributed by atoms with Gasteiger partial charge in [0.1, 0.15) is 0 Å². The molecule has 0 aliphatic carbocycles. The highest BCUT2D eigenvalue weighted by molar-refractivity contribution is 5.76. The number of rotatable bonds is 57. The number of nitrogens with one attached hydrogen (secondary N) is 1. The fourth-order valence-electron chi connectivity index (χ4n) is 9.89. The van der Waals surface area contributed by atoms with Crippen molar-refractivity contribution in [3.05, 3.63) is 12.2 Å². The molecular formula is C61H121NO3. The Morgan fingerprint density at radius 3 is 0.800 bits per heavy atom. The quantitative estimate of drug-likeness (QED) is 0.0421. The van der Waals surface area contributed by atoms with E-state index in [2.05, 4.69) is 19.2 Å². The summed E-state index contributed by atoms with van der Waals surface area (Å²) in [6.07, 6.45) is 75.6. The first-order valence-electron chi connectivity index (χ1n) is 30.4. The first-order valence-corrected chi connectivity index (χ1v) is 30.4. The number of allylic oxidation sites excluding steroid dienone is 1. The van der Waals surface area contributed by atoms with Crippen LogP contribution in [0.1, 0.15) is 354 Å². The van der Waals surface area contributed by atoms with Crippen molar-refractivity contribution in [3.8, 4) is 0 Å². The van der Waals surface area contributed by atoms with Gasteiger partial charge >= 0.3 is 0 Å². The highest BCUT2D eigenvalue weighted by atomic mass is 16.3. The molecule has 0 spiro atoms. The molecule has 3 N–H and O–H groups in total. The van der Waals surface area contributed by atoms with E-state index in [1.54, 1.807) is 6.08 Å². The van der Waals surface area contributed by atoms with Crippen LogP contribution in [0.25, 0.3) is 0 Å². The van der Waals surface area contributed by atoms with Gasteiger partial charge in [0.25, 0.3) is 0 Å². The minimum absolute atomic E-state index is 0.0565. The van der Waals surface area contributed by atoms with E-state index in [0.717, 1.165) is 25.7 Å². The van der Waals surface area contributed by atoms with Crippen LogP contribution < -0.4 is 5.32 Å². The van der Waals surface area contributed by atoms with Crippen LogP contribution >= 0.6 is 0 Å². The van der Waals surface area contributed by atoms with Gasteiger partial charge in [0.15, 0.2) is 0 Å². The molecular weight excluding hydrogens is 795 g/mol. The smallest absolute Gasteiger partial charge is 0.220 e. The van der Waals surface area contributed by atoms with E-state index in [9.17, 15) is 15.0 Å². The van der Waals surface area contributed by atoms with E-state index >= 15 is 0 Å². The van der Waals surface area contributed by atoms with Crippen LogP contribution in [-0.2, 0) is 4.79 Å². The molecule has 0 rings (SSSR count). The van der Waals surface area contributed by atoms with E-state index in [0.29, 0.717) is 6.42 Å². The van der Waals surface area contributed by atoms with Crippen molar-refractivity contribution in [1.82, 2.24) is 5.32 Å². The van der Waals surface area contributed by atoms with E-state index < -0.39 is 12.1 Å². The van der Waals surface area contributed by atoms with Crippen molar-refractivity contribution in [2.24, 2.45) is 0 Å². The molecule has 0 bridgehead atoms. The number of aliphatic hydroxyl groups excluding tert-OH is 2. The number of amides is 1. The van der Waals surface area contributed by atoms with Crippen LogP contribution in [0, 0.1) is 0 Å². The predicted octanol–water partition coefficient (Wildman–Crippen LogP) is 20.1. The molecule has 2 unspecified atom stereocenters. The van der Waals surface area contributed by atoms with Crippen LogP contribution in [0.5, 0.6) is 0 Å². The zero-order valence-corrected chi connectivity index (χ0v) is 44.8. The summed E-state index contributed by atoms with van der Waals surface area (Å²) in [5.41, 5.74) is 0. The highest BCUT2D eigenvalue weighted by Gasteiger charge is 2.18. The molecule has 0 aliphatic rings. The van der Waals surface area contributed by atoms with E-state index in [1.807, 2.05) is 6.08 Å². The van der Waals surface area contributed by atoms with E-state index in [-0.39, 0.29) is 12.5 Å². The van der Waals surface area contributed by atoms with Crippen molar-refractivity contribution >= 4 is 5.91 Å². The molecule has 1 amide bonds. The highest BCUT2D eigenvalue weighted by Crippen LogP contribution is 2.19. The minimum atomic E-state index is -0.834. The van der Waals surface area contributed by atoms with Gasteiger partial charge in [-0.3, -0.25) is 4.79 Å². The van der Waals surface area contributed by atoms with Gasteiger partial charge in [-0.1, -0.05) is 341 Å². The number of hydrogen-bond donors (Lipinski definition) is 3. The average molecular weight is 917 g/mol. The van der Waals surface area contributed by atoms with Gasteiger partial charge in [-0.15, -0.1) is 0 Å². The van der Waals surface area contributed by atoms with Gasteiger partial charge in [-0.2, -0.15) is 0 Å². The topological polar surface area (TPSA) is 69.6 Å². The number of unbranched alkanes of at least 4 members (excludes halogenated alkanes) is 50. The lowest BCUT2D eigenvalue weighted by Gasteiger charge is -2.20. The Balaban J connectivity index is 3.33. The molecule has 65 heavy (non-hydrogen) atoms. The molecule has 0 aliphatic heterocycles. The Labute approximate surface area is 409 Å². The number of carbonyl (C=O) groups is 1. The molecule has 388 valence electrons. The molecule has 0 saturated carbocycles. The summed E-state index contributed by atoms with van der Waals surface area (Å²) in [5.74, 6) is -0.0565. The fourth-order valence-corrected chi connectivity index (χ4v) is 9.89. The zero-order chi connectivity index (χ0) is 47.0. The van der Waals surface area contributed by atoms with Gasteiger partial charge in [0.2, 0.25) is 5.91 Å². The van der Waals surface area contributed by atoms with Crippen LogP contribution in [0.15, 0.2) is 12.2 Å². The summed E-state index contributed by atoms with van der Waals surface area (Å²) in [4.78, 5) is 12.5. The first kappa shape index (κ1) is 64.1. The molecule has 4 nitrogen and oxygen atoms in total. The Bertz CT molecular complexity index is 905. The summed E-state index contributed by atoms with van der Waals surface area (Å²) in [6.45, 7) is 4.34. The zero-order valence-electron chi connectivity index (χ0n) is 44.8. The Hall–Kier alpha value is -0.870. The van der Waals surface area contributed by atoms with Crippen molar-refractivity contribution in [2.75, 3.05) is 6.61 Å². The lowest BCUT2D eigenvalue weighted by Crippen LogP contribution is -2.45. The summed E-state index contributed by atoms with van der Waals surface area (Å²) in [6, 6.07) is -0.617. The maximum Gasteiger partial charge on any atom is 0.220 e. The molecule has 4 heteroatoms. The third kappa shape index (κ3) is 53.9. The molecule has 0 aromatic rings. The molecule has 0 fully saturated rings.